The summed E-state index contributed by atoms with van der Waals surface area (Å²) in [6.07, 6.45) is -0.632. The zero-order chi connectivity index (χ0) is 16.2. The minimum Gasteiger partial charge on any atom is -0.444 e. The van der Waals surface area contributed by atoms with Crippen LogP contribution < -0.4 is 10.6 Å². The van der Waals surface area contributed by atoms with Gasteiger partial charge in [0.1, 0.15) is 11.6 Å². The lowest BCUT2D eigenvalue weighted by Crippen LogP contribution is -2.43. The first-order chi connectivity index (χ1) is 9.58. The first-order valence-corrected chi connectivity index (χ1v) is 7.03. The van der Waals surface area contributed by atoms with E-state index in [0.717, 1.165) is 5.56 Å². The molecule has 2 amide bonds. The van der Waals surface area contributed by atoms with Gasteiger partial charge in [-0.25, -0.2) is 4.79 Å². The lowest BCUT2D eigenvalue weighted by molar-refractivity contribution is -0.117. The van der Waals surface area contributed by atoms with Crippen molar-refractivity contribution in [2.45, 2.75) is 46.3 Å². The van der Waals surface area contributed by atoms with E-state index in [9.17, 15) is 9.59 Å². The third-order valence-electron chi connectivity index (χ3n) is 2.57. The van der Waals surface area contributed by atoms with Crippen LogP contribution in [0.3, 0.4) is 0 Å². The minimum absolute atomic E-state index is 0.347. The maximum Gasteiger partial charge on any atom is 0.408 e. The van der Waals surface area contributed by atoms with Gasteiger partial charge in [0.25, 0.3) is 0 Å². The monoisotopic (exact) mass is 312 g/mol. The van der Waals surface area contributed by atoms with Crippen LogP contribution in [0.25, 0.3) is 0 Å². The summed E-state index contributed by atoms with van der Waals surface area (Å²) in [5.74, 6) is -0.347. The second-order valence-corrected chi connectivity index (χ2v) is 6.23. The van der Waals surface area contributed by atoms with Crippen molar-refractivity contribution in [1.82, 2.24) is 5.32 Å². The quantitative estimate of drug-likeness (QED) is 0.897. The molecular formula is C15H21ClN2O3. The number of carbonyl (C=O) groups excluding carboxylic acids is 2. The molecule has 1 aromatic rings. The molecule has 0 aliphatic carbocycles. The molecule has 0 unspecified atom stereocenters. The molecule has 1 rings (SSSR count). The number of anilines is 1. The fourth-order valence-electron chi connectivity index (χ4n) is 1.47. The molecule has 116 valence electrons. The van der Waals surface area contributed by atoms with Gasteiger partial charge < -0.3 is 15.4 Å². The third kappa shape index (κ3) is 6.04. The van der Waals surface area contributed by atoms with Crippen LogP contribution in [-0.4, -0.2) is 23.6 Å². The lowest BCUT2D eigenvalue weighted by atomic mass is 10.2. The van der Waals surface area contributed by atoms with Gasteiger partial charge in [0.05, 0.1) is 0 Å². The Kier molecular flexibility index (Phi) is 5.61. The molecule has 0 bridgehead atoms. The highest BCUT2D eigenvalue weighted by atomic mass is 35.5. The Bertz CT molecular complexity index is 538. The number of carbonyl (C=O) groups is 2. The largest absolute Gasteiger partial charge is 0.444 e. The second-order valence-electron chi connectivity index (χ2n) is 5.82. The van der Waals surface area contributed by atoms with Crippen LogP contribution in [0.1, 0.15) is 33.3 Å². The summed E-state index contributed by atoms with van der Waals surface area (Å²) in [5, 5.41) is 5.73. The Morgan fingerprint density at radius 1 is 1.29 bits per heavy atom. The van der Waals surface area contributed by atoms with Gasteiger partial charge in [-0.05, 0) is 52.3 Å². The number of rotatable bonds is 3. The molecule has 0 spiro atoms. The molecule has 0 fully saturated rings. The Labute approximate surface area is 130 Å². The van der Waals surface area contributed by atoms with Crippen LogP contribution in [0.5, 0.6) is 0 Å². The number of hydrogen-bond donors (Lipinski definition) is 2. The number of aryl methyl sites for hydroxylation is 1. The molecule has 0 saturated heterocycles. The van der Waals surface area contributed by atoms with Crippen molar-refractivity contribution in [3.8, 4) is 0 Å². The van der Waals surface area contributed by atoms with Gasteiger partial charge in [0, 0.05) is 10.7 Å². The molecule has 0 aliphatic heterocycles. The van der Waals surface area contributed by atoms with Gasteiger partial charge in [-0.2, -0.15) is 0 Å². The van der Waals surface area contributed by atoms with E-state index in [1.807, 2.05) is 13.0 Å². The molecular weight excluding hydrogens is 292 g/mol. The smallest absolute Gasteiger partial charge is 0.408 e. The van der Waals surface area contributed by atoms with Crippen molar-refractivity contribution >= 4 is 29.3 Å². The Morgan fingerprint density at radius 2 is 1.90 bits per heavy atom. The van der Waals surface area contributed by atoms with E-state index in [2.05, 4.69) is 10.6 Å². The summed E-state index contributed by atoms with van der Waals surface area (Å²) in [4.78, 5) is 23.6. The number of nitrogens with one attached hydrogen (secondary N) is 2. The summed E-state index contributed by atoms with van der Waals surface area (Å²) >= 11 is 5.99. The van der Waals surface area contributed by atoms with Crippen molar-refractivity contribution in [2.75, 3.05) is 5.32 Å². The van der Waals surface area contributed by atoms with Crippen LogP contribution >= 0.6 is 11.6 Å². The Hall–Kier alpha value is -1.75. The fourth-order valence-corrected chi connectivity index (χ4v) is 1.65. The van der Waals surface area contributed by atoms with Gasteiger partial charge in [0.15, 0.2) is 0 Å². The number of hydrogen-bond acceptors (Lipinski definition) is 3. The summed E-state index contributed by atoms with van der Waals surface area (Å²) in [6.45, 7) is 8.72. The molecule has 1 aromatic carbocycles. The molecule has 0 radical (unpaired) electrons. The highest BCUT2D eigenvalue weighted by molar-refractivity contribution is 6.31. The highest BCUT2D eigenvalue weighted by Gasteiger charge is 2.21. The zero-order valence-corrected chi connectivity index (χ0v) is 13.7. The van der Waals surface area contributed by atoms with Crippen molar-refractivity contribution in [1.29, 1.82) is 0 Å². The predicted molar refractivity (Wildman–Crippen MR) is 83.7 cm³/mol. The topological polar surface area (TPSA) is 67.4 Å². The molecule has 0 heterocycles. The van der Waals surface area contributed by atoms with Crippen molar-refractivity contribution in [3.63, 3.8) is 0 Å². The lowest BCUT2D eigenvalue weighted by Gasteiger charge is -2.21. The van der Waals surface area contributed by atoms with Crippen molar-refractivity contribution < 1.29 is 14.3 Å². The number of benzene rings is 1. The molecule has 0 aliphatic rings. The first kappa shape index (κ1) is 17.3. The number of alkyl carbamates (subject to hydrolysis) is 1. The van der Waals surface area contributed by atoms with Crippen LogP contribution in [0.2, 0.25) is 5.02 Å². The second kappa shape index (κ2) is 6.80. The molecule has 1 atom stereocenters. The minimum atomic E-state index is -0.722. The summed E-state index contributed by atoms with van der Waals surface area (Å²) in [6, 6.07) is 4.50. The van der Waals surface area contributed by atoms with E-state index in [1.165, 1.54) is 0 Å². The number of amides is 2. The SMILES string of the molecule is Cc1ccc(NC(=O)[C@@H](C)NC(=O)OC(C)(C)C)cc1Cl. The third-order valence-corrected chi connectivity index (χ3v) is 2.97. The maximum atomic E-state index is 12.0. The molecule has 2 N–H and O–H groups in total. The van der Waals surface area contributed by atoms with Gasteiger partial charge in [-0.3, -0.25) is 4.79 Å². The normalized spacial score (nSPS) is 12.5. The van der Waals surface area contributed by atoms with Gasteiger partial charge in [0.2, 0.25) is 5.91 Å². The molecule has 0 aromatic heterocycles. The molecule has 5 nitrogen and oxygen atoms in total. The number of halogens is 1. The van der Waals surface area contributed by atoms with Crippen LogP contribution in [0.4, 0.5) is 10.5 Å². The molecule has 0 saturated carbocycles. The summed E-state index contributed by atoms with van der Waals surface area (Å²) in [7, 11) is 0. The van der Waals surface area contributed by atoms with E-state index in [4.69, 9.17) is 16.3 Å². The van der Waals surface area contributed by atoms with Crippen LogP contribution in [0, 0.1) is 6.92 Å². The highest BCUT2D eigenvalue weighted by Crippen LogP contribution is 2.20. The fraction of sp³-hybridized carbons (Fsp3) is 0.467. The zero-order valence-electron chi connectivity index (χ0n) is 12.9. The molecule has 21 heavy (non-hydrogen) atoms. The maximum absolute atomic E-state index is 12.0. The van der Waals surface area contributed by atoms with Crippen LogP contribution in [0.15, 0.2) is 18.2 Å². The predicted octanol–water partition coefficient (Wildman–Crippen LogP) is 3.50. The van der Waals surface area contributed by atoms with Gasteiger partial charge in [-0.15, -0.1) is 0 Å². The van der Waals surface area contributed by atoms with Gasteiger partial charge in [-0.1, -0.05) is 17.7 Å². The van der Waals surface area contributed by atoms with E-state index < -0.39 is 17.7 Å². The van der Waals surface area contributed by atoms with E-state index in [1.54, 1.807) is 39.8 Å². The van der Waals surface area contributed by atoms with E-state index in [0.29, 0.717) is 10.7 Å². The summed E-state index contributed by atoms with van der Waals surface area (Å²) in [5.41, 5.74) is 0.896. The number of ether oxygens (including phenoxy) is 1. The average molecular weight is 313 g/mol. The van der Waals surface area contributed by atoms with Crippen molar-refractivity contribution in [3.05, 3.63) is 28.8 Å². The van der Waals surface area contributed by atoms with E-state index in [-0.39, 0.29) is 5.91 Å². The Balaban J connectivity index is 2.58. The van der Waals surface area contributed by atoms with Crippen molar-refractivity contribution in [2.24, 2.45) is 0 Å². The van der Waals surface area contributed by atoms with Gasteiger partial charge >= 0.3 is 6.09 Å². The average Bonchev–Trinajstić information content (AvgIpc) is 2.31. The Morgan fingerprint density at radius 3 is 2.43 bits per heavy atom. The molecule has 6 heteroatoms. The standard InChI is InChI=1S/C15H21ClN2O3/c1-9-6-7-11(8-12(9)16)18-13(19)10(2)17-14(20)21-15(3,4)5/h6-8,10H,1-5H3,(H,17,20)(H,18,19)/t10-/m1/s1. The van der Waals surface area contributed by atoms with Crippen LogP contribution in [-0.2, 0) is 9.53 Å². The summed E-state index contributed by atoms with van der Waals surface area (Å²) < 4.78 is 5.09. The van der Waals surface area contributed by atoms with E-state index >= 15 is 0 Å². The first-order valence-electron chi connectivity index (χ1n) is 6.65.